The number of anilines is 1. The number of thioether (sulfide) groups is 1. The second kappa shape index (κ2) is 8.15. The van der Waals surface area contributed by atoms with Crippen LogP contribution < -0.4 is 5.32 Å². The highest BCUT2D eigenvalue weighted by atomic mass is 127. The molecule has 1 aliphatic rings. The van der Waals surface area contributed by atoms with E-state index in [1.54, 1.807) is 0 Å². The second-order valence-corrected chi connectivity index (χ2v) is 7.59. The lowest BCUT2D eigenvalue weighted by Gasteiger charge is -2.20. The van der Waals surface area contributed by atoms with Gasteiger partial charge in [-0.3, -0.25) is 4.79 Å². The van der Waals surface area contributed by atoms with Gasteiger partial charge < -0.3 is 5.32 Å². The molecule has 0 atom stereocenters. The van der Waals surface area contributed by atoms with Crippen LogP contribution in [-0.2, 0) is 4.79 Å². The summed E-state index contributed by atoms with van der Waals surface area (Å²) >= 11 is 4.24. The van der Waals surface area contributed by atoms with E-state index >= 15 is 0 Å². The topological polar surface area (TPSA) is 29.1 Å². The third-order valence-corrected chi connectivity index (χ3v) is 5.46. The van der Waals surface area contributed by atoms with Crippen LogP contribution in [0.25, 0.3) is 0 Å². The van der Waals surface area contributed by atoms with Crippen molar-refractivity contribution in [3.8, 4) is 0 Å². The molecule has 1 aromatic rings. The van der Waals surface area contributed by atoms with Crippen molar-refractivity contribution in [1.29, 1.82) is 0 Å². The van der Waals surface area contributed by atoms with Gasteiger partial charge in [-0.1, -0.05) is 19.3 Å². The molecule has 0 heterocycles. The molecular weight excluding hydrogens is 369 g/mol. The first-order valence-corrected chi connectivity index (χ1v) is 9.04. The van der Waals surface area contributed by atoms with Crippen LogP contribution in [-0.4, -0.2) is 16.9 Å². The minimum absolute atomic E-state index is 0.129. The summed E-state index contributed by atoms with van der Waals surface area (Å²) in [5, 5.41) is 3.74. The molecule has 0 bridgehead atoms. The highest BCUT2D eigenvalue weighted by molar-refractivity contribution is 14.1. The van der Waals surface area contributed by atoms with E-state index < -0.39 is 0 Å². The number of carbonyl (C=O) groups excluding carboxylic acids is 1. The molecule has 2 rings (SSSR count). The fourth-order valence-corrected chi connectivity index (χ4v) is 3.97. The third kappa shape index (κ3) is 5.73. The average Bonchev–Trinajstić information content (AvgIpc) is 2.43. The Labute approximate surface area is 133 Å². The summed E-state index contributed by atoms with van der Waals surface area (Å²) in [4.78, 5) is 11.8. The molecule has 1 amide bonds. The Morgan fingerprint density at radius 3 is 2.58 bits per heavy atom. The first kappa shape index (κ1) is 15.2. The highest BCUT2D eigenvalue weighted by Gasteiger charge is 2.14. The predicted molar refractivity (Wildman–Crippen MR) is 91.7 cm³/mol. The fraction of sp³-hybridized carbons (Fsp3) is 0.533. The van der Waals surface area contributed by atoms with Crippen LogP contribution in [0.4, 0.5) is 5.69 Å². The Hall–Kier alpha value is -0.230. The van der Waals surface area contributed by atoms with Crippen molar-refractivity contribution in [2.45, 2.75) is 43.8 Å². The molecular formula is C15H20INOS. The standard InChI is InChI=1S/C15H20INOS/c16-12-6-8-13(9-7-12)17-15(18)10-11-19-14-4-2-1-3-5-14/h6-9,14H,1-5,10-11H2,(H,17,18). The Kier molecular flexibility index (Phi) is 6.50. The number of nitrogens with one attached hydrogen (secondary N) is 1. The molecule has 0 saturated heterocycles. The van der Waals surface area contributed by atoms with Gasteiger partial charge >= 0.3 is 0 Å². The Balaban J connectivity index is 1.65. The Morgan fingerprint density at radius 1 is 1.21 bits per heavy atom. The van der Waals surface area contributed by atoms with Crippen LogP contribution in [0, 0.1) is 3.57 Å². The van der Waals surface area contributed by atoms with Crippen LogP contribution in [0.15, 0.2) is 24.3 Å². The Morgan fingerprint density at radius 2 is 1.89 bits per heavy atom. The SMILES string of the molecule is O=C(CCSC1CCCCC1)Nc1ccc(I)cc1. The normalized spacial score (nSPS) is 16.3. The third-order valence-electron chi connectivity index (χ3n) is 3.36. The van der Waals surface area contributed by atoms with Crippen LogP contribution in [0.1, 0.15) is 38.5 Å². The summed E-state index contributed by atoms with van der Waals surface area (Å²) in [6.45, 7) is 0. The molecule has 1 saturated carbocycles. The lowest BCUT2D eigenvalue weighted by molar-refractivity contribution is -0.115. The van der Waals surface area contributed by atoms with Crippen LogP contribution in [0.3, 0.4) is 0 Å². The lowest BCUT2D eigenvalue weighted by Crippen LogP contribution is -2.14. The first-order chi connectivity index (χ1) is 9.24. The smallest absolute Gasteiger partial charge is 0.225 e. The highest BCUT2D eigenvalue weighted by Crippen LogP contribution is 2.28. The van der Waals surface area contributed by atoms with Crippen LogP contribution in [0.5, 0.6) is 0 Å². The molecule has 104 valence electrons. The number of benzene rings is 1. The summed E-state index contributed by atoms with van der Waals surface area (Å²) in [5.41, 5.74) is 0.896. The van der Waals surface area contributed by atoms with Gasteiger partial charge in [-0.25, -0.2) is 0 Å². The summed E-state index contributed by atoms with van der Waals surface area (Å²) in [5.74, 6) is 1.07. The van der Waals surface area contributed by atoms with Crippen molar-refractivity contribution in [3.05, 3.63) is 27.8 Å². The monoisotopic (exact) mass is 389 g/mol. The maximum absolute atomic E-state index is 11.8. The predicted octanol–water partition coefficient (Wildman–Crippen LogP) is 4.69. The molecule has 1 aromatic carbocycles. The zero-order valence-electron chi connectivity index (χ0n) is 11.0. The fourth-order valence-electron chi connectivity index (χ4n) is 2.31. The second-order valence-electron chi connectivity index (χ2n) is 4.94. The molecule has 1 aliphatic carbocycles. The van der Waals surface area contributed by atoms with E-state index in [9.17, 15) is 4.79 Å². The molecule has 2 nitrogen and oxygen atoms in total. The van der Waals surface area contributed by atoms with Crippen LogP contribution in [0.2, 0.25) is 0 Å². The minimum Gasteiger partial charge on any atom is -0.326 e. The zero-order valence-corrected chi connectivity index (χ0v) is 14.0. The summed E-state index contributed by atoms with van der Waals surface area (Å²) in [7, 11) is 0. The maximum Gasteiger partial charge on any atom is 0.225 e. The number of hydrogen-bond donors (Lipinski definition) is 1. The van der Waals surface area contributed by atoms with Crippen molar-refractivity contribution in [2.75, 3.05) is 11.1 Å². The molecule has 0 spiro atoms. The van der Waals surface area contributed by atoms with Crippen molar-refractivity contribution in [3.63, 3.8) is 0 Å². The number of carbonyl (C=O) groups is 1. The summed E-state index contributed by atoms with van der Waals surface area (Å²) in [6.07, 6.45) is 7.42. The van der Waals surface area contributed by atoms with Gasteiger partial charge in [0.1, 0.15) is 0 Å². The van der Waals surface area contributed by atoms with E-state index in [0.717, 1.165) is 16.7 Å². The van der Waals surface area contributed by atoms with E-state index in [4.69, 9.17) is 0 Å². The van der Waals surface area contributed by atoms with Crippen molar-refractivity contribution < 1.29 is 4.79 Å². The van der Waals surface area contributed by atoms with E-state index in [1.165, 1.54) is 35.7 Å². The molecule has 4 heteroatoms. The van der Waals surface area contributed by atoms with E-state index in [2.05, 4.69) is 27.9 Å². The first-order valence-electron chi connectivity index (χ1n) is 6.91. The quantitative estimate of drug-likeness (QED) is 0.741. The molecule has 1 N–H and O–H groups in total. The van der Waals surface area contributed by atoms with E-state index in [-0.39, 0.29) is 5.91 Å². The van der Waals surface area contributed by atoms with Gasteiger partial charge in [0.25, 0.3) is 0 Å². The van der Waals surface area contributed by atoms with Crippen molar-refractivity contribution in [1.82, 2.24) is 0 Å². The van der Waals surface area contributed by atoms with Gasteiger partial charge in [-0.15, -0.1) is 0 Å². The summed E-state index contributed by atoms with van der Waals surface area (Å²) in [6, 6.07) is 7.92. The molecule has 0 aliphatic heterocycles. The molecule has 19 heavy (non-hydrogen) atoms. The molecule has 1 fully saturated rings. The zero-order chi connectivity index (χ0) is 13.5. The maximum atomic E-state index is 11.8. The van der Waals surface area contributed by atoms with Crippen molar-refractivity contribution in [2.24, 2.45) is 0 Å². The van der Waals surface area contributed by atoms with Gasteiger partial charge in [0.2, 0.25) is 5.91 Å². The van der Waals surface area contributed by atoms with Gasteiger partial charge in [0.05, 0.1) is 0 Å². The Bertz CT molecular complexity index is 401. The van der Waals surface area contributed by atoms with Crippen molar-refractivity contribution >= 4 is 45.9 Å². The van der Waals surface area contributed by atoms with E-state index in [1.807, 2.05) is 36.0 Å². The van der Waals surface area contributed by atoms with E-state index in [0.29, 0.717) is 6.42 Å². The van der Waals surface area contributed by atoms with Crippen LogP contribution >= 0.6 is 34.4 Å². The largest absolute Gasteiger partial charge is 0.326 e. The average molecular weight is 389 g/mol. The lowest BCUT2D eigenvalue weighted by atomic mass is 10.0. The van der Waals surface area contributed by atoms with Gasteiger partial charge in [-0.2, -0.15) is 11.8 Å². The molecule has 0 unspecified atom stereocenters. The summed E-state index contributed by atoms with van der Waals surface area (Å²) < 4.78 is 1.18. The number of rotatable bonds is 5. The molecule has 0 radical (unpaired) electrons. The van der Waals surface area contributed by atoms with Gasteiger partial charge in [0.15, 0.2) is 0 Å². The minimum atomic E-state index is 0.129. The molecule has 0 aromatic heterocycles. The number of hydrogen-bond acceptors (Lipinski definition) is 2. The van der Waals surface area contributed by atoms with Gasteiger partial charge in [0, 0.05) is 26.7 Å². The number of halogens is 1. The number of amides is 1. The van der Waals surface area contributed by atoms with Gasteiger partial charge in [-0.05, 0) is 59.7 Å².